The number of amides is 2. The number of nitrogens with zero attached hydrogens (tertiary/aromatic N) is 2. The topological polar surface area (TPSA) is 117 Å². The van der Waals surface area contributed by atoms with E-state index in [-0.39, 0.29) is 0 Å². The zero-order chi connectivity index (χ0) is 25.0. The lowest BCUT2D eigenvalue weighted by Gasteiger charge is -2.27. The van der Waals surface area contributed by atoms with Gasteiger partial charge in [-0.15, -0.1) is 0 Å². The molecule has 0 spiro atoms. The van der Waals surface area contributed by atoms with Crippen LogP contribution in [0.5, 0.6) is 0 Å². The maximum absolute atomic E-state index is 9.09. The zero-order valence-electron chi connectivity index (χ0n) is 19.6. The number of carbonyl (C=O) groups is 2. The van der Waals surface area contributed by atoms with Crippen molar-refractivity contribution < 1.29 is 9.59 Å². The van der Waals surface area contributed by atoms with Gasteiger partial charge in [0.25, 0.3) is 10.5 Å². The summed E-state index contributed by atoms with van der Waals surface area (Å²) in [6.45, 7) is 11.4. The molecule has 2 aromatic rings. The molecule has 0 unspecified atom stereocenters. The number of nitrogens with one attached hydrogen (secondary N) is 2. The molecule has 6 N–H and O–H groups in total. The van der Waals surface area contributed by atoms with Crippen molar-refractivity contribution in [3.63, 3.8) is 0 Å². The second-order valence-electron chi connectivity index (χ2n) is 7.70. The third-order valence-corrected chi connectivity index (χ3v) is 4.92. The van der Waals surface area contributed by atoms with Gasteiger partial charge in [0.15, 0.2) is 0 Å². The zero-order valence-corrected chi connectivity index (χ0v) is 21.4. The maximum atomic E-state index is 9.09. The van der Waals surface area contributed by atoms with Crippen molar-refractivity contribution in [2.75, 3.05) is 52.4 Å². The Hall–Kier alpha value is -2.08. The van der Waals surface area contributed by atoms with Crippen LogP contribution in [0.4, 0.5) is 9.59 Å². The number of carbonyl (C=O) groups excluding carboxylic acids is 2. The minimum atomic E-state index is -0.639. The van der Waals surface area contributed by atoms with E-state index in [4.69, 9.17) is 9.59 Å². The molecular formula is C24H38N6O2S2. The highest BCUT2D eigenvalue weighted by Crippen LogP contribution is 2.05. The van der Waals surface area contributed by atoms with Crippen molar-refractivity contribution in [1.29, 1.82) is 0 Å². The predicted octanol–water partition coefficient (Wildman–Crippen LogP) is 2.17. The summed E-state index contributed by atoms with van der Waals surface area (Å²) < 4.78 is 0. The molecule has 2 aliphatic rings. The summed E-state index contributed by atoms with van der Waals surface area (Å²) in [5.74, 6) is 0. The molecule has 0 saturated carbocycles. The lowest BCUT2D eigenvalue weighted by atomic mass is 10.2. The quantitative estimate of drug-likeness (QED) is 0.354. The summed E-state index contributed by atoms with van der Waals surface area (Å²) in [6.07, 6.45) is 0. The van der Waals surface area contributed by atoms with Crippen LogP contribution in [0.1, 0.15) is 11.1 Å². The second-order valence-corrected chi connectivity index (χ2v) is 8.58. The van der Waals surface area contributed by atoms with Crippen LogP contribution in [-0.4, -0.2) is 72.6 Å². The van der Waals surface area contributed by atoms with Crippen LogP contribution >= 0.6 is 25.3 Å². The van der Waals surface area contributed by atoms with Gasteiger partial charge < -0.3 is 22.1 Å². The first-order chi connectivity index (χ1) is 16.4. The van der Waals surface area contributed by atoms with Gasteiger partial charge in [0, 0.05) is 65.4 Å². The van der Waals surface area contributed by atoms with E-state index in [1.54, 1.807) is 0 Å². The van der Waals surface area contributed by atoms with Crippen molar-refractivity contribution >= 4 is 35.7 Å². The van der Waals surface area contributed by atoms with Crippen molar-refractivity contribution in [3.05, 3.63) is 71.8 Å². The highest BCUT2D eigenvalue weighted by atomic mass is 32.1. The third kappa shape index (κ3) is 17.4. The van der Waals surface area contributed by atoms with Crippen molar-refractivity contribution in [3.8, 4) is 0 Å². The van der Waals surface area contributed by atoms with Crippen LogP contribution in [0.15, 0.2) is 60.7 Å². The Morgan fingerprint density at radius 3 is 1.18 bits per heavy atom. The van der Waals surface area contributed by atoms with Crippen LogP contribution < -0.4 is 22.1 Å². The Morgan fingerprint density at radius 2 is 0.912 bits per heavy atom. The molecule has 2 amide bonds. The van der Waals surface area contributed by atoms with E-state index in [2.05, 4.69) is 118 Å². The molecule has 0 aromatic heterocycles. The molecule has 8 nitrogen and oxygen atoms in total. The van der Waals surface area contributed by atoms with Crippen LogP contribution in [0.25, 0.3) is 0 Å². The number of benzene rings is 2. The van der Waals surface area contributed by atoms with Gasteiger partial charge >= 0.3 is 0 Å². The third-order valence-electron chi connectivity index (χ3n) is 4.92. The lowest BCUT2D eigenvalue weighted by molar-refractivity contribution is 0.233. The second kappa shape index (κ2) is 19.2. The van der Waals surface area contributed by atoms with E-state index in [9.17, 15) is 0 Å². The monoisotopic (exact) mass is 506 g/mol. The molecule has 2 fully saturated rings. The average Bonchev–Trinajstić information content (AvgIpc) is 2.82. The predicted molar refractivity (Wildman–Crippen MR) is 146 cm³/mol. The molecule has 2 aliphatic heterocycles. The number of hydrogen-bond acceptors (Lipinski definition) is 6. The molecule has 0 radical (unpaired) electrons. The first-order valence-corrected chi connectivity index (χ1v) is 12.2. The van der Waals surface area contributed by atoms with E-state index >= 15 is 0 Å². The molecule has 4 rings (SSSR count). The van der Waals surface area contributed by atoms with Crippen LogP contribution in [0.2, 0.25) is 0 Å². The molecule has 2 heterocycles. The average molecular weight is 507 g/mol. The van der Waals surface area contributed by atoms with Gasteiger partial charge in [-0.05, 0) is 11.1 Å². The van der Waals surface area contributed by atoms with Crippen molar-refractivity contribution in [2.45, 2.75) is 13.1 Å². The minimum absolute atomic E-state index is 0.639. The Morgan fingerprint density at radius 1 is 0.647 bits per heavy atom. The summed E-state index contributed by atoms with van der Waals surface area (Å²) >= 11 is 6.21. The molecule has 2 aromatic carbocycles. The number of rotatable bonds is 4. The summed E-state index contributed by atoms with van der Waals surface area (Å²) in [5, 5.41) is 5.44. The van der Waals surface area contributed by atoms with Crippen LogP contribution in [-0.2, 0) is 13.1 Å². The van der Waals surface area contributed by atoms with Gasteiger partial charge in [0.2, 0.25) is 0 Å². The number of piperazine rings is 2. The van der Waals surface area contributed by atoms with Crippen molar-refractivity contribution in [2.24, 2.45) is 11.5 Å². The van der Waals surface area contributed by atoms with E-state index in [0.717, 1.165) is 39.3 Å². The summed E-state index contributed by atoms with van der Waals surface area (Å²) in [6, 6.07) is 21.4. The number of thiol groups is 2. The lowest BCUT2D eigenvalue weighted by Crippen LogP contribution is -2.42. The Labute approximate surface area is 214 Å². The van der Waals surface area contributed by atoms with Crippen LogP contribution in [0, 0.1) is 0 Å². The Bertz CT molecular complexity index is 711. The Kier molecular flexibility index (Phi) is 17.0. The summed E-state index contributed by atoms with van der Waals surface area (Å²) in [4.78, 5) is 23.2. The van der Waals surface area contributed by atoms with Gasteiger partial charge in [-0.2, -0.15) is 0 Å². The van der Waals surface area contributed by atoms with E-state index in [0.29, 0.717) is 0 Å². The number of primary amides is 2. The SMILES string of the molecule is NC(=O)S.NC(=O)S.c1ccc(CN2CCNCC2)cc1.c1ccc(CN2CCNCC2)cc1. The molecular weight excluding hydrogens is 468 g/mol. The first kappa shape index (κ1) is 30.0. The van der Waals surface area contributed by atoms with E-state index in [1.165, 1.54) is 37.3 Å². The highest BCUT2D eigenvalue weighted by Gasteiger charge is 2.09. The van der Waals surface area contributed by atoms with Gasteiger partial charge in [0.1, 0.15) is 0 Å². The largest absolute Gasteiger partial charge is 0.361 e. The number of hydrogen-bond donors (Lipinski definition) is 6. The smallest absolute Gasteiger partial charge is 0.273 e. The molecule has 0 aliphatic carbocycles. The van der Waals surface area contributed by atoms with Gasteiger partial charge in [-0.3, -0.25) is 19.4 Å². The molecule has 188 valence electrons. The first-order valence-electron chi connectivity index (χ1n) is 11.3. The van der Waals surface area contributed by atoms with Gasteiger partial charge in [0.05, 0.1) is 0 Å². The summed E-state index contributed by atoms with van der Waals surface area (Å²) in [7, 11) is 0. The molecule has 34 heavy (non-hydrogen) atoms. The fourth-order valence-electron chi connectivity index (χ4n) is 3.42. The van der Waals surface area contributed by atoms with Crippen molar-refractivity contribution in [1.82, 2.24) is 20.4 Å². The van der Waals surface area contributed by atoms with Gasteiger partial charge in [-0.1, -0.05) is 85.9 Å². The van der Waals surface area contributed by atoms with E-state index in [1.807, 2.05) is 0 Å². The normalized spacial score (nSPS) is 15.8. The fraction of sp³-hybridized carbons (Fsp3) is 0.417. The van der Waals surface area contributed by atoms with Crippen LogP contribution in [0.3, 0.4) is 0 Å². The maximum Gasteiger partial charge on any atom is 0.273 e. The standard InChI is InChI=1S/2C11H16N2.2CH3NOS/c2*1-2-4-11(5-3-1)10-13-8-6-12-7-9-13;2*2-1(3)4/h2*1-5,12H,6-10H2;2*(H3,2,3,4). The Balaban J connectivity index is 0.000000261. The summed E-state index contributed by atoms with van der Waals surface area (Å²) in [5.41, 5.74) is 11.5. The highest BCUT2D eigenvalue weighted by molar-refractivity contribution is 7.96. The number of nitrogens with two attached hydrogens (primary N) is 2. The molecule has 10 heteroatoms. The fourth-order valence-corrected chi connectivity index (χ4v) is 3.42. The minimum Gasteiger partial charge on any atom is -0.361 e. The molecule has 0 atom stereocenters. The van der Waals surface area contributed by atoms with E-state index < -0.39 is 10.5 Å². The molecule has 2 saturated heterocycles. The molecule has 0 bridgehead atoms. The van der Waals surface area contributed by atoms with Gasteiger partial charge in [-0.25, -0.2) is 0 Å².